The van der Waals surface area contributed by atoms with Crippen LogP contribution in [-0.4, -0.2) is 46.9 Å². The van der Waals surface area contributed by atoms with Crippen LogP contribution in [0.4, 0.5) is 15.0 Å². The van der Waals surface area contributed by atoms with Crippen LogP contribution in [0.5, 0.6) is 0 Å². The molecule has 6 heteroatoms. The Bertz CT molecular complexity index is 760. The highest BCUT2D eigenvalue weighted by Crippen LogP contribution is 2.22. The van der Waals surface area contributed by atoms with Gasteiger partial charge in [-0.3, -0.25) is 0 Å². The molecule has 5 nitrogen and oxygen atoms in total. The van der Waals surface area contributed by atoms with Gasteiger partial charge in [0.25, 0.3) is 0 Å². The van der Waals surface area contributed by atoms with Gasteiger partial charge in [-0.15, -0.1) is 0 Å². The topological polar surface area (TPSA) is 54.5 Å². The van der Waals surface area contributed by atoms with Crippen LogP contribution in [0.1, 0.15) is 27.2 Å². The van der Waals surface area contributed by atoms with Gasteiger partial charge in [-0.1, -0.05) is 18.2 Å². The molecule has 1 fully saturated rings. The summed E-state index contributed by atoms with van der Waals surface area (Å²) in [5.41, 5.74) is 0.287. The zero-order chi connectivity index (χ0) is 18.0. The zero-order valence-electron chi connectivity index (χ0n) is 14.8. The summed E-state index contributed by atoms with van der Waals surface area (Å²) in [6.07, 6.45) is -1.16. The predicted molar refractivity (Wildman–Crippen MR) is 96.5 cm³/mol. The molecule has 2 atom stereocenters. The fourth-order valence-corrected chi connectivity index (χ4v) is 2.89. The highest BCUT2D eigenvalue weighted by Gasteiger charge is 2.33. The lowest BCUT2D eigenvalue weighted by atomic mass is 10.0. The van der Waals surface area contributed by atoms with E-state index in [0.29, 0.717) is 12.4 Å². The maximum absolute atomic E-state index is 14.4. The first-order valence-corrected chi connectivity index (χ1v) is 8.56. The normalized spacial score (nSPS) is 21.2. The number of hydrogen-bond donors (Lipinski definition) is 1. The number of fused-ring (bicyclic) bond motifs is 1. The summed E-state index contributed by atoms with van der Waals surface area (Å²) in [7, 11) is 0. The number of rotatable bonds is 2. The van der Waals surface area contributed by atoms with Crippen molar-refractivity contribution < 1.29 is 13.9 Å². The summed E-state index contributed by atoms with van der Waals surface area (Å²) < 4.78 is 19.7. The first-order chi connectivity index (χ1) is 11.8. The Balaban J connectivity index is 1.70. The molecular weight excluding hydrogens is 321 g/mol. The number of para-hydroxylation sites is 1. The standard InChI is InChI=1S/C19H24FN3O2/c1-19(2,3)25-18(24)23-11-10-14(20)16(12-23)22-17-9-8-13-6-4-5-7-15(13)21-17/h4-9,14,16H,10-12H2,1-3H3,(H,21,22). The van der Waals surface area contributed by atoms with Crippen LogP contribution in [0.3, 0.4) is 0 Å². The van der Waals surface area contributed by atoms with Gasteiger partial charge in [0.1, 0.15) is 17.6 Å². The molecular formula is C19H24FN3O2. The number of ether oxygens (including phenoxy) is 1. The molecule has 1 aromatic heterocycles. The number of likely N-dealkylation sites (tertiary alicyclic amines) is 1. The maximum Gasteiger partial charge on any atom is 0.410 e. The van der Waals surface area contributed by atoms with Crippen LogP contribution in [0.15, 0.2) is 36.4 Å². The Morgan fingerprint density at radius 1 is 1.28 bits per heavy atom. The number of anilines is 1. The lowest BCUT2D eigenvalue weighted by Gasteiger charge is -2.36. The predicted octanol–water partition coefficient (Wildman–Crippen LogP) is 3.99. The second-order valence-corrected chi connectivity index (χ2v) is 7.37. The van der Waals surface area contributed by atoms with Crippen molar-refractivity contribution in [1.29, 1.82) is 0 Å². The minimum atomic E-state index is -1.04. The lowest BCUT2D eigenvalue weighted by molar-refractivity contribution is 0.0150. The molecule has 0 aliphatic carbocycles. The van der Waals surface area contributed by atoms with E-state index >= 15 is 0 Å². The minimum absolute atomic E-state index is 0.255. The van der Waals surface area contributed by atoms with Crippen molar-refractivity contribution in [1.82, 2.24) is 9.88 Å². The van der Waals surface area contributed by atoms with Crippen LogP contribution < -0.4 is 5.32 Å². The molecule has 1 aliphatic rings. The summed E-state index contributed by atoms with van der Waals surface area (Å²) in [4.78, 5) is 18.3. The molecule has 1 N–H and O–H groups in total. The number of amides is 1. The molecule has 134 valence electrons. The number of benzene rings is 1. The van der Waals surface area contributed by atoms with Gasteiger partial charge in [-0.25, -0.2) is 14.2 Å². The van der Waals surface area contributed by atoms with Crippen molar-refractivity contribution in [3.05, 3.63) is 36.4 Å². The molecule has 0 spiro atoms. The molecule has 2 heterocycles. The Hall–Kier alpha value is -2.37. The number of carbonyl (C=O) groups is 1. The molecule has 1 aromatic carbocycles. The summed E-state index contributed by atoms with van der Waals surface area (Å²) in [5, 5.41) is 4.17. The van der Waals surface area contributed by atoms with E-state index < -0.39 is 23.9 Å². The van der Waals surface area contributed by atoms with Gasteiger partial charge in [0.15, 0.2) is 0 Å². The quantitative estimate of drug-likeness (QED) is 0.894. The molecule has 1 aliphatic heterocycles. The summed E-state index contributed by atoms with van der Waals surface area (Å²) in [6.45, 7) is 6.08. The first kappa shape index (κ1) is 17.5. The third-order valence-corrected chi connectivity index (χ3v) is 4.11. The van der Waals surface area contributed by atoms with E-state index in [1.54, 1.807) is 4.90 Å². The molecule has 0 saturated carbocycles. The second-order valence-electron chi connectivity index (χ2n) is 7.37. The van der Waals surface area contributed by atoms with E-state index in [-0.39, 0.29) is 13.0 Å². The van der Waals surface area contributed by atoms with Crippen molar-refractivity contribution in [2.24, 2.45) is 0 Å². The number of nitrogens with zero attached hydrogens (tertiary/aromatic N) is 2. The molecule has 0 radical (unpaired) electrons. The third kappa shape index (κ3) is 4.38. The molecule has 2 unspecified atom stereocenters. The second kappa shape index (κ2) is 6.86. The molecule has 25 heavy (non-hydrogen) atoms. The fraction of sp³-hybridized carbons (Fsp3) is 0.474. The highest BCUT2D eigenvalue weighted by atomic mass is 19.1. The number of carbonyl (C=O) groups excluding carboxylic acids is 1. The number of halogens is 1. The number of alkyl halides is 1. The van der Waals surface area contributed by atoms with Gasteiger partial charge in [0.05, 0.1) is 11.6 Å². The van der Waals surface area contributed by atoms with Crippen LogP contribution in [-0.2, 0) is 4.74 Å². The number of piperidine rings is 1. The van der Waals surface area contributed by atoms with Crippen molar-refractivity contribution in [2.45, 2.75) is 45.0 Å². The van der Waals surface area contributed by atoms with E-state index in [1.165, 1.54) is 0 Å². The molecule has 3 rings (SSSR count). The molecule has 0 bridgehead atoms. The van der Waals surface area contributed by atoms with E-state index in [4.69, 9.17) is 4.74 Å². The van der Waals surface area contributed by atoms with E-state index in [0.717, 1.165) is 10.9 Å². The van der Waals surface area contributed by atoms with E-state index in [1.807, 2.05) is 57.2 Å². The van der Waals surface area contributed by atoms with Gasteiger partial charge in [0.2, 0.25) is 0 Å². The van der Waals surface area contributed by atoms with Gasteiger partial charge in [-0.05, 0) is 45.4 Å². The zero-order valence-corrected chi connectivity index (χ0v) is 14.8. The van der Waals surface area contributed by atoms with Crippen molar-refractivity contribution in [3.8, 4) is 0 Å². The Labute approximate surface area is 147 Å². The number of nitrogens with one attached hydrogen (secondary N) is 1. The van der Waals surface area contributed by atoms with Gasteiger partial charge >= 0.3 is 6.09 Å². The van der Waals surface area contributed by atoms with E-state index in [2.05, 4.69) is 10.3 Å². The molecule has 1 saturated heterocycles. The largest absolute Gasteiger partial charge is 0.444 e. The van der Waals surface area contributed by atoms with Gasteiger partial charge in [0, 0.05) is 18.5 Å². The van der Waals surface area contributed by atoms with Crippen molar-refractivity contribution >= 4 is 22.8 Å². The van der Waals surface area contributed by atoms with Crippen LogP contribution >= 0.6 is 0 Å². The smallest absolute Gasteiger partial charge is 0.410 e. The lowest BCUT2D eigenvalue weighted by Crippen LogP contribution is -2.52. The number of hydrogen-bond acceptors (Lipinski definition) is 4. The average molecular weight is 345 g/mol. The highest BCUT2D eigenvalue weighted by molar-refractivity contribution is 5.80. The van der Waals surface area contributed by atoms with Crippen LogP contribution in [0, 0.1) is 0 Å². The first-order valence-electron chi connectivity index (χ1n) is 8.56. The number of pyridine rings is 1. The van der Waals surface area contributed by atoms with Crippen molar-refractivity contribution in [3.63, 3.8) is 0 Å². The van der Waals surface area contributed by atoms with E-state index in [9.17, 15) is 9.18 Å². The van der Waals surface area contributed by atoms with Crippen LogP contribution in [0.25, 0.3) is 10.9 Å². The van der Waals surface area contributed by atoms with Crippen molar-refractivity contribution in [2.75, 3.05) is 18.4 Å². The number of aromatic nitrogens is 1. The minimum Gasteiger partial charge on any atom is -0.444 e. The average Bonchev–Trinajstić information content (AvgIpc) is 2.55. The van der Waals surface area contributed by atoms with Gasteiger partial charge < -0.3 is 15.0 Å². The third-order valence-electron chi connectivity index (χ3n) is 4.11. The SMILES string of the molecule is CC(C)(C)OC(=O)N1CCC(F)C(Nc2ccc3ccccc3n2)C1. The molecule has 2 aromatic rings. The van der Waals surface area contributed by atoms with Gasteiger partial charge in [-0.2, -0.15) is 0 Å². The Morgan fingerprint density at radius 3 is 2.80 bits per heavy atom. The monoisotopic (exact) mass is 345 g/mol. The summed E-state index contributed by atoms with van der Waals surface area (Å²) in [5.74, 6) is 0.609. The summed E-state index contributed by atoms with van der Waals surface area (Å²) in [6, 6.07) is 11.1. The molecule has 1 amide bonds. The maximum atomic E-state index is 14.4. The Morgan fingerprint density at radius 2 is 2.04 bits per heavy atom. The fourth-order valence-electron chi connectivity index (χ4n) is 2.89. The Kier molecular flexibility index (Phi) is 4.79. The van der Waals surface area contributed by atoms with Crippen LogP contribution in [0.2, 0.25) is 0 Å². The summed E-state index contributed by atoms with van der Waals surface area (Å²) >= 11 is 0.